The van der Waals surface area contributed by atoms with Gasteiger partial charge in [0.1, 0.15) is 11.6 Å². The molecule has 0 amide bonds. The molecule has 5 nitrogen and oxygen atoms in total. The summed E-state index contributed by atoms with van der Waals surface area (Å²) < 4.78 is 40.2. The molecule has 0 radical (unpaired) electrons. The molecule has 1 atom stereocenters. The number of aromatic nitrogens is 4. The van der Waals surface area contributed by atoms with E-state index in [0.29, 0.717) is 5.82 Å². The van der Waals surface area contributed by atoms with E-state index in [1.165, 1.54) is 12.1 Å². The third-order valence-corrected chi connectivity index (χ3v) is 3.84. The molecule has 0 aliphatic carbocycles. The van der Waals surface area contributed by atoms with Gasteiger partial charge >= 0.3 is 0 Å². The molecule has 0 spiro atoms. The predicted octanol–water partition coefficient (Wildman–Crippen LogP) is 4.40. The number of rotatable bonds is 4. The van der Waals surface area contributed by atoms with Gasteiger partial charge in [0, 0.05) is 0 Å². The lowest BCUT2D eigenvalue weighted by Crippen LogP contribution is -2.26. The van der Waals surface area contributed by atoms with Crippen molar-refractivity contribution in [2.45, 2.75) is 33.2 Å². The summed E-state index contributed by atoms with van der Waals surface area (Å²) in [5.74, 6) is -0.423. The Kier molecular flexibility index (Phi) is 4.36. The maximum Gasteiger partial charge on any atom is 0.299 e. The summed E-state index contributed by atoms with van der Waals surface area (Å²) in [6.45, 7) is 6.07. The van der Waals surface area contributed by atoms with E-state index >= 15 is 0 Å². The van der Waals surface area contributed by atoms with E-state index in [9.17, 15) is 13.2 Å². The minimum atomic E-state index is -2.77. The van der Waals surface area contributed by atoms with Gasteiger partial charge in [-0.2, -0.15) is 4.52 Å². The van der Waals surface area contributed by atoms with Crippen molar-refractivity contribution in [3.05, 3.63) is 53.6 Å². The molecule has 2 heterocycles. The Balaban J connectivity index is 1.98. The van der Waals surface area contributed by atoms with Crippen molar-refractivity contribution in [3.63, 3.8) is 0 Å². The van der Waals surface area contributed by atoms with Crippen molar-refractivity contribution in [2.24, 2.45) is 5.41 Å². The first-order valence-electron chi connectivity index (χ1n) is 7.78. The molecular weight excluding hydrogens is 331 g/mol. The minimum absolute atomic E-state index is 0.204. The minimum Gasteiger partial charge on any atom is -0.361 e. The molecule has 1 unspecified atom stereocenters. The Morgan fingerprint density at radius 3 is 2.28 bits per heavy atom. The molecule has 0 aliphatic rings. The maximum absolute atomic E-state index is 13.2. The Hall–Kier alpha value is -2.64. The summed E-state index contributed by atoms with van der Waals surface area (Å²) in [7, 11) is 0. The van der Waals surface area contributed by atoms with Crippen LogP contribution in [-0.2, 0) is 0 Å². The SMILES string of the molecule is CC(C)(C)C(Nc1ccc2nnc(C(F)F)n2n1)c1ccc(F)cc1. The van der Waals surface area contributed by atoms with Crippen LogP contribution in [-0.4, -0.2) is 19.8 Å². The fourth-order valence-corrected chi connectivity index (χ4v) is 2.62. The number of nitrogens with one attached hydrogen (secondary N) is 1. The smallest absolute Gasteiger partial charge is 0.299 e. The predicted molar refractivity (Wildman–Crippen MR) is 88.0 cm³/mol. The van der Waals surface area contributed by atoms with Crippen molar-refractivity contribution in [1.29, 1.82) is 0 Å². The molecular formula is C17H18F3N5. The van der Waals surface area contributed by atoms with Crippen LogP contribution in [0.2, 0.25) is 0 Å². The van der Waals surface area contributed by atoms with Gasteiger partial charge in [0.05, 0.1) is 6.04 Å². The summed E-state index contributed by atoms with van der Waals surface area (Å²) in [5, 5.41) is 14.6. The molecule has 3 rings (SSSR count). The van der Waals surface area contributed by atoms with Crippen molar-refractivity contribution < 1.29 is 13.2 Å². The fraction of sp³-hybridized carbons (Fsp3) is 0.353. The van der Waals surface area contributed by atoms with Crippen LogP contribution in [0.5, 0.6) is 0 Å². The van der Waals surface area contributed by atoms with Gasteiger partial charge < -0.3 is 5.32 Å². The average molecular weight is 349 g/mol. The lowest BCUT2D eigenvalue weighted by atomic mass is 9.82. The van der Waals surface area contributed by atoms with Crippen molar-refractivity contribution in [2.75, 3.05) is 5.32 Å². The lowest BCUT2D eigenvalue weighted by molar-refractivity contribution is 0.137. The number of halogens is 3. The largest absolute Gasteiger partial charge is 0.361 e. The number of hydrogen-bond acceptors (Lipinski definition) is 4. The van der Waals surface area contributed by atoms with E-state index in [1.54, 1.807) is 24.3 Å². The topological polar surface area (TPSA) is 55.1 Å². The van der Waals surface area contributed by atoms with Crippen LogP contribution in [0.3, 0.4) is 0 Å². The normalized spacial score (nSPS) is 13.4. The summed E-state index contributed by atoms with van der Waals surface area (Å²) in [4.78, 5) is 0. The first-order chi connectivity index (χ1) is 11.8. The van der Waals surface area contributed by atoms with Crippen molar-refractivity contribution in [3.8, 4) is 0 Å². The van der Waals surface area contributed by atoms with Gasteiger partial charge in [-0.1, -0.05) is 32.9 Å². The van der Waals surface area contributed by atoms with Gasteiger partial charge in [-0.25, -0.2) is 13.2 Å². The van der Waals surface area contributed by atoms with E-state index < -0.39 is 12.2 Å². The molecule has 2 aromatic heterocycles. The molecule has 0 saturated heterocycles. The average Bonchev–Trinajstić information content (AvgIpc) is 2.96. The van der Waals surface area contributed by atoms with E-state index in [1.807, 2.05) is 20.8 Å². The van der Waals surface area contributed by atoms with E-state index in [0.717, 1.165) is 10.1 Å². The maximum atomic E-state index is 13.2. The lowest BCUT2D eigenvalue weighted by Gasteiger charge is -2.32. The van der Waals surface area contributed by atoms with Crippen LogP contribution in [0, 0.1) is 11.2 Å². The van der Waals surface area contributed by atoms with E-state index in [2.05, 4.69) is 20.6 Å². The van der Waals surface area contributed by atoms with E-state index in [4.69, 9.17) is 0 Å². The van der Waals surface area contributed by atoms with Crippen LogP contribution in [0.25, 0.3) is 5.65 Å². The summed E-state index contributed by atoms with van der Waals surface area (Å²) >= 11 is 0. The number of benzene rings is 1. The third kappa shape index (κ3) is 3.57. The molecule has 3 aromatic rings. The first kappa shape index (κ1) is 17.2. The van der Waals surface area contributed by atoms with Gasteiger partial charge in [0.2, 0.25) is 5.82 Å². The third-order valence-electron chi connectivity index (χ3n) is 3.84. The molecule has 25 heavy (non-hydrogen) atoms. The van der Waals surface area contributed by atoms with Gasteiger partial charge in [-0.05, 0) is 35.2 Å². The van der Waals surface area contributed by atoms with Gasteiger partial charge in [0.25, 0.3) is 6.43 Å². The van der Waals surface area contributed by atoms with Gasteiger partial charge in [-0.3, -0.25) is 0 Å². The molecule has 132 valence electrons. The fourth-order valence-electron chi connectivity index (χ4n) is 2.62. The number of anilines is 1. The number of hydrogen-bond donors (Lipinski definition) is 1. The molecule has 0 fully saturated rings. The second-order valence-electron chi connectivity index (χ2n) is 6.84. The standard InChI is InChI=1S/C17H18F3N5/c1-17(2,3)14(10-4-6-11(18)7-5-10)21-12-8-9-13-22-23-16(15(19)20)25(13)24-12/h4-9,14-15H,1-3H3,(H,21,24). The second-order valence-corrected chi connectivity index (χ2v) is 6.84. The molecule has 0 bridgehead atoms. The van der Waals surface area contributed by atoms with Crippen molar-refractivity contribution in [1.82, 2.24) is 19.8 Å². The highest BCUT2D eigenvalue weighted by Gasteiger charge is 2.27. The first-order valence-corrected chi connectivity index (χ1v) is 7.78. The number of alkyl halides is 2. The van der Waals surface area contributed by atoms with Crippen LogP contribution < -0.4 is 5.32 Å². The molecule has 8 heteroatoms. The Morgan fingerprint density at radius 2 is 1.68 bits per heavy atom. The van der Waals surface area contributed by atoms with Crippen molar-refractivity contribution >= 4 is 11.5 Å². The quantitative estimate of drug-likeness (QED) is 0.758. The van der Waals surface area contributed by atoms with Crippen LogP contribution in [0.4, 0.5) is 19.0 Å². The zero-order valence-electron chi connectivity index (χ0n) is 14.0. The zero-order chi connectivity index (χ0) is 18.2. The molecule has 0 aliphatic heterocycles. The highest BCUT2D eigenvalue weighted by molar-refractivity contribution is 5.46. The molecule has 0 saturated carbocycles. The van der Waals surface area contributed by atoms with Gasteiger partial charge in [0.15, 0.2) is 5.65 Å². The van der Waals surface area contributed by atoms with Gasteiger partial charge in [-0.15, -0.1) is 15.3 Å². The van der Waals surface area contributed by atoms with Crippen LogP contribution in [0.15, 0.2) is 36.4 Å². The Morgan fingerprint density at radius 1 is 1.00 bits per heavy atom. The van der Waals surface area contributed by atoms with Crippen LogP contribution >= 0.6 is 0 Å². The summed E-state index contributed by atoms with van der Waals surface area (Å²) in [5.41, 5.74) is 0.885. The van der Waals surface area contributed by atoms with E-state index in [-0.39, 0.29) is 22.9 Å². The van der Waals surface area contributed by atoms with Crippen LogP contribution in [0.1, 0.15) is 44.6 Å². The Labute approximate surface area is 142 Å². The molecule has 1 aromatic carbocycles. The summed E-state index contributed by atoms with van der Waals surface area (Å²) in [6.07, 6.45) is -2.77. The molecule has 1 N–H and O–H groups in total. The monoisotopic (exact) mass is 349 g/mol. The number of fused-ring (bicyclic) bond motifs is 1. The second kappa shape index (κ2) is 6.34. The highest BCUT2D eigenvalue weighted by atomic mass is 19.3. The Bertz CT molecular complexity index is 868. The summed E-state index contributed by atoms with van der Waals surface area (Å²) in [6, 6.07) is 9.19. The zero-order valence-corrected chi connectivity index (χ0v) is 14.0. The highest BCUT2D eigenvalue weighted by Crippen LogP contribution is 2.35. The number of nitrogens with zero attached hydrogens (tertiary/aromatic N) is 4.